The summed E-state index contributed by atoms with van der Waals surface area (Å²) in [7, 11) is 0. The minimum atomic E-state index is -2.03. The SMILES string of the molecule is CCOC1(F)C=CC(C(=O)O)(c2ccccc2)C=C1. The Morgan fingerprint density at radius 1 is 1.21 bits per heavy atom. The molecule has 0 spiro atoms. The van der Waals surface area contributed by atoms with Crippen molar-refractivity contribution in [1.82, 2.24) is 0 Å². The van der Waals surface area contributed by atoms with Crippen LogP contribution in [0.3, 0.4) is 0 Å². The first-order valence-corrected chi connectivity index (χ1v) is 6.05. The van der Waals surface area contributed by atoms with Gasteiger partial charge in [0.25, 0.3) is 0 Å². The van der Waals surface area contributed by atoms with Gasteiger partial charge < -0.3 is 9.84 Å². The Balaban J connectivity index is 2.42. The molecule has 0 aromatic heterocycles. The normalized spacial score (nSPS) is 29.4. The summed E-state index contributed by atoms with van der Waals surface area (Å²) in [5, 5.41) is 9.48. The molecule has 1 aliphatic carbocycles. The van der Waals surface area contributed by atoms with Gasteiger partial charge in [-0.3, -0.25) is 4.79 Å². The molecular weight excluding hydrogens is 247 g/mol. The fraction of sp³-hybridized carbons (Fsp3) is 0.267. The molecule has 0 saturated carbocycles. The smallest absolute Gasteiger partial charge is 0.321 e. The van der Waals surface area contributed by atoms with Gasteiger partial charge in [-0.2, -0.15) is 0 Å². The Bertz CT molecular complexity index is 505. The lowest BCUT2D eigenvalue weighted by Gasteiger charge is -2.29. The van der Waals surface area contributed by atoms with E-state index in [0.717, 1.165) is 12.2 Å². The van der Waals surface area contributed by atoms with Crippen LogP contribution in [0.1, 0.15) is 12.5 Å². The summed E-state index contributed by atoms with van der Waals surface area (Å²) in [5.41, 5.74) is -0.762. The highest BCUT2D eigenvalue weighted by Crippen LogP contribution is 2.35. The van der Waals surface area contributed by atoms with Crippen LogP contribution in [0, 0.1) is 0 Å². The molecule has 1 aromatic rings. The number of carboxylic acid groups (broad SMARTS) is 1. The van der Waals surface area contributed by atoms with Crippen LogP contribution in [0.15, 0.2) is 54.6 Å². The second-order valence-electron chi connectivity index (χ2n) is 4.34. The third-order valence-corrected chi connectivity index (χ3v) is 3.12. The number of carboxylic acids is 1. The topological polar surface area (TPSA) is 46.5 Å². The Kier molecular flexibility index (Phi) is 3.53. The van der Waals surface area contributed by atoms with Gasteiger partial charge in [0, 0.05) is 6.61 Å². The summed E-state index contributed by atoms with van der Waals surface area (Å²) in [6.07, 6.45) is 4.97. The Morgan fingerprint density at radius 3 is 2.26 bits per heavy atom. The molecule has 1 aliphatic rings. The molecule has 1 aromatic carbocycles. The average Bonchev–Trinajstić information content (AvgIpc) is 2.41. The quantitative estimate of drug-likeness (QED) is 0.849. The second-order valence-corrected chi connectivity index (χ2v) is 4.34. The molecule has 0 amide bonds. The van der Waals surface area contributed by atoms with Crippen LogP contribution in [0.5, 0.6) is 0 Å². The summed E-state index contributed by atoms with van der Waals surface area (Å²) in [4.78, 5) is 11.6. The van der Waals surface area contributed by atoms with Gasteiger partial charge in [0.15, 0.2) is 0 Å². The number of ether oxygens (including phenoxy) is 1. The Labute approximate surface area is 111 Å². The number of aliphatic carboxylic acids is 1. The molecule has 0 unspecified atom stereocenters. The fourth-order valence-electron chi connectivity index (χ4n) is 2.09. The molecule has 0 saturated heterocycles. The number of alkyl halides is 1. The van der Waals surface area contributed by atoms with E-state index in [0.29, 0.717) is 5.56 Å². The molecule has 1 N–H and O–H groups in total. The minimum Gasteiger partial charge on any atom is -0.480 e. The maximum atomic E-state index is 14.1. The Hall–Kier alpha value is -1.94. The third-order valence-electron chi connectivity index (χ3n) is 3.12. The van der Waals surface area contributed by atoms with Crippen molar-refractivity contribution >= 4 is 5.97 Å². The van der Waals surface area contributed by atoms with Gasteiger partial charge >= 0.3 is 5.97 Å². The average molecular weight is 262 g/mol. The van der Waals surface area contributed by atoms with E-state index in [1.165, 1.54) is 12.2 Å². The highest BCUT2D eigenvalue weighted by Gasteiger charge is 2.41. The second kappa shape index (κ2) is 4.97. The lowest BCUT2D eigenvalue weighted by Crippen LogP contribution is -2.37. The summed E-state index contributed by atoms with van der Waals surface area (Å²) in [6, 6.07) is 8.71. The first-order chi connectivity index (χ1) is 9.02. The molecule has 4 heteroatoms. The van der Waals surface area contributed by atoms with E-state index in [1.807, 2.05) is 0 Å². The summed E-state index contributed by atoms with van der Waals surface area (Å²) >= 11 is 0. The maximum absolute atomic E-state index is 14.1. The predicted octanol–water partition coefficient (Wildman–Crippen LogP) is 2.84. The van der Waals surface area contributed by atoms with Gasteiger partial charge in [0.05, 0.1) is 0 Å². The molecule has 0 fully saturated rings. The highest BCUT2D eigenvalue weighted by molar-refractivity contribution is 5.87. The van der Waals surface area contributed by atoms with Gasteiger partial charge in [-0.05, 0) is 24.6 Å². The van der Waals surface area contributed by atoms with E-state index in [1.54, 1.807) is 37.3 Å². The van der Waals surface area contributed by atoms with Crippen LogP contribution >= 0.6 is 0 Å². The van der Waals surface area contributed by atoms with E-state index in [4.69, 9.17) is 4.74 Å². The summed E-state index contributed by atoms with van der Waals surface area (Å²) < 4.78 is 19.1. The molecule has 3 nitrogen and oxygen atoms in total. The molecular formula is C15H15FO3. The zero-order valence-electron chi connectivity index (χ0n) is 10.5. The molecule has 0 aliphatic heterocycles. The minimum absolute atomic E-state index is 0.205. The van der Waals surface area contributed by atoms with E-state index >= 15 is 0 Å². The zero-order valence-corrected chi connectivity index (χ0v) is 10.5. The van der Waals surface area contributed by atoms with Crippen molar-refractivity contribution in [2.24, 2.45) is 0 Å². The summed E-state index contributed by atoms with van der Waals surface area (Å²) in [5.74, 6) is -3.08. The van der Waals surface area contributed by atoms with E-state index in [-0.39, 0.29) is 6.61 Å². The highest BCUT2D eigenvalue weighted by atomic mass is 19.2. The first kappa shape index (κ1) is 13.5. The number of halogens is 1. The molecule has 0 atom stereocenters. The van der Waals surface area contributed by atoms with Crippen molar-refractivity contribution < 1.29 is 19.0 Å². The fourth-order valence-corrected chi connectivity index (χ4v) is 2.09. The van der Waals surface area contributed by atoms with Crippen molar-refractivity contribution in [3.05, 3.63) is 60.2 Å². The maximum Gasteiger partial charge on any atom is 0.321 e. The van der Waals surface area contributed by atoms with Gasteiger partial charge in [0.2, 0.25) is 5.85 Å². The van der Waals surface area contributed by atoms with E-state index in [2.05, 4.69) is 0 Å². The van der Waals surface area contributed by atoms with Crippen LogP contribution in [-0.4, -0.2) is 23.5 Å². The number of carbonyl (C=O) groups is 1. The monoisotopic (exact) mass is 262 g/mol. The lowest BCUT2D eigenvalue weighted by atomic mass is 9.77. The lowest BCUT2D eigenvalue weighted by molar-refractivity contribution is -0.140. The van der Waals surface area contributed by atoms with Crippen LogP contribution in [-0.2, 0) is 14.9 Å². The first-order valence-electron chi connectivity index (χ1n) is 6.05. The molecule has 19 heavy (non-hydrogen) atoms. The van der Waals surface area contributed by atoms with Crippen LogP contribution in [0.25, 0.3) is 0 Å². The molecule has 0 heterocycles. The molecule has 0 bridgehead atoms. The standard InChI is InChI=1S/C15H15FO3/c1-2-19-15(16)10-8-14(9-11-15,13(17)18)12-6-4-3-5-7-12/h3-11H,2H2,1H3,(H,17,18). The number of hydrogen-bond donors (Lipinski definition) is 1. The van der Waals surface area contributed by atoms with E-state index < -0.39 is 17.2 Å². The van der Waals surface area contributed by atoms with Crippen LogP contribution < -0.4 is 0 Å². The van der Waals surface area contributed by atoms with E-state index in [9.17, 15) is 14.3 Å². The van der Waals surface area contributed by atoms with Crippen molar-refractivity contribution in [2.75, 3.05) is 6.61 Å². The van der Waals surface area contributed by atoms with Gasteiger partial charge in [-0.1, -0.05) is 42.5 Å². The number of rotatable bonds is 4. The third kappa shape index (κ3) is 2.44. The van der Waals surface area contributed by atoms with Crippen molar-refractivity contribution in [2.45, 2.75) is 18.2 Å². The number of hydrogen-bond acceptors (Lipinski definition) is 2. The zero-order chi connectivity index (χ0) is 13.9. The van der Waals surface area contributed by atoms with Crippen molar-refractivity contribution in [3.8, 4) is 0 Å². The van der Waals surface area contributed by atoms with Crippen LogP contribution in [0.2, 0.25) is 0 Å². The molecule has 2 rings (SSSR count). The van der Waals surface area contributed by atoms with Crippen molar-refractivity contribution in [1.29, 1.82) is 0 Å². The molecule has 100 valence electrons. The molecule has 0 radical (unpaired) electrons. The van der Waals surface area contributed by atoms with Gasteiger partial charge in [-0.25, -0.2) is 4.39 Å². The van der Waals surface area contributed by atoms with Crippen molar-refractivity contribution in [3.63, 3.8) is 0 Å². The number of benzene rings is 1. The van der Waals surface area contributed by atoms with Gasteiger partial charge in [-0.15, -0.1) is 0 Å². The van der Waals surface area contributed by atoms with Gasteiger partial charge in [0.1, 0.15) is 5.41 Å². The largest absolute Gasteiger partial charge is 0.480 e. The van der Waals surface area contributed by atoms with Crippen LogP contribution in [0.4, 0.5) is 4.39 Å². The Morgan fingerprint density at radius 2 is 1.79 bits per heavy atom. The predicted molar refractivity (Wildman–Crippen MR) is 69.5 cm³/mol. The summed E-state index contributed by atoms with van der Waals surface area (Å²) in [6.45, 7) is 1.88.